The van der Waals surface area contributed by atoms with Crippen molar-refractivity contribution < 1.29 is 13.5 Å². The van der Waals surface area contributed by atoms with Crippen LogP contribution in [0.4, 0.5) is 0 Å². The molecule has 0 saturated carbocycles. The zero-order chi connectivity index (χ0) is 15.3. The van der Waals surface area contributed by atoms with Gasteiger partial charge in [-0.05, 0) is 43.0 Å². The van der Waals surface area contributed by atoms with Gasteiger partial charge in [0.1, 0.15) is 0 Å². The van der Waals surface area contributed by atoms with Gasteiger partial charge < -0.3 is 5.11 Å². The molecule has 4 nitrogen and oxygen atoms in total. The number of hydrogen-bond acceptors (Lipinski definition) is 3. The monoisotopic (exact) mass is 319 g/mol. The van der Waals surface area contributed by atoms with E-state index in [-0.39, 0.29) is 11.5 Å². The minimum absolute atomic E-state index is 0.191. The molecule has 1 aromatic carbocycles. The summed E-state index contributed by atoms with van der Waals surface area (Å²) >= 11 is 5.97. The van der Waals surface area contributed by atoms with E-state index in [1.165, 1.54) is 10.4 Å². The summed E-state index contributed by atoms with van der Waals surface area (Å²) in [6.07, 6.45) is 1.51. The van der Waals surface area contributed by atoms with Gasteiger partial charge in [-0.25, -0.2) is 8.42 Å². The lowest BCUT2D eigenvalue weighted by Gasteiger charge is -2.23. The van der Waals surface area contributed by atoms with E-state index in [1.54, 1.807) is 13.0 Å². The summed E-state index contributed by atoms with van der Waals surface area (Å²) in [7, 11) is -3.57. The number of halogens is 1. The fraction of sp³-hybridized carbons (Fsp3) is 0.571. The maximum Gasteiger partial charge on any atom is 0.243 e. The third kappa shape index (κ3) is 3.73. The Bertz CT molecular complexity index is 552. The zero-order valence-corrected chi connectivity index (χ0v) is 13.8. The van der Waals surface area contributed by atoms with Gasteiger partial charge in [0.15, 0.2) is 0 Å². The normalized spacial score (nSPS) is 12.1. The van der Waals surface area contributed by atoms with E-state index < -0.39 is 10.0 Å². The van der Waals surface area contributed by atoms with Crippen LogP contribution in [-0.4, -0.2) is 30.9 Å². The Kier molecular flexibility index (Phi) is 6.45. The van der Waals surface area contributed by atoms with Crippen molar-refractivity contribution in [1.82, 2.24) is 4.31 Å². The molecule has 114 valence electrons. The standard InChI is InChI=1S/C14H22ClNO3S/c1-4-6-16(7-5-2)20(18,19)14-9-13(15)8-12(10-17)11(14)3/h8-9,17H,4-7,10H2,1-3H3. The highest BCUT2D eigenvalue weighted by atomic mass is 35.5. The van der Waals surface area contributed by atoms with Crippen LogP contribution in [0, 0.1) is 6.92 Å². The van der Waals surface area contributed by atoms with Crippen LogP contribution < -0.4 is 0 Å². The van der Waals surface area contributed by atoms with Crippen molar-refractivity contribution in [2.24, 2.45) is 0 Å². The fourth-order valence-electron chi connectivity index (χ4n) is 2.13. The van der Waals surface area contributed by atoms with Crippen molar-refractivity contribution in [2.45, 2.75) is 45.1 Å². The quantitative estimate of drug-likeness (QED) is 0.840. The average molecular weight is 320 g/mol. The van der Waals surface area contributed by atoms with Crippen molar-refractivity contribution in [3.63, 3.8) is 0 Å². The highest BCUT2D eigenvalue weighted by Crippen LogP contribution is 2.27. The summed E-state index contributed by atoms with van der Waals surface area (Å²) < 4.78 is 27.0. The Hall–Kier alpha value is -0.620. The van der Waals surface area contributed by atoms with E-state index in [4.69, 9.17) is 11.6 Å². The maximum atomic E-state index is 12.7. The Labute approximate surface area is 126 Å². The molecule has 1 rings (SSSR count). The van der Waals surface area contributed by atoms with Gasteiger partial charge in [-0.2, -0.15) is 4.31 Å². The topological polar surface area (TPSA) is 57.6 Å². The van der Waals surface area contributed by atoms with Gasteiger partial charge in [-0.15, -0.1) is 0 Å². The van der Waals surface area contributed by atoms with Crippen LogP contribution in [0.25, 0.3) is 0 Å². The highest BCUT2D eigenvalue weighted by Gasteiger charge is 2.26. The van der Waals surface area contributed by atoms with Gasteiger partial charge >= 0.3 is 0 Å². The van der Waals surface area contributed by atoms with E-state index in [2.05, 4.69) is 0 Å². The summed E-state index contributed by atoms with van der Waals surface area (Å²) in [6.45, 7) is 6.33. The molecular formula is C14H22ClNO3S. The number of benzene rings is 1. The van der Waals surface area contributed by atoms with Crippen LogP contribution in [0.15, 0.2) is 17.0 Å². The smallest absolute Gasteiger partial charge is 0.243 e. The van der Waals surface area contributed by atoms with E-state index in [0.717, 1.165) is 12.8 Å². The molecule has 20 heavy (non-hydrogen) atoms. The molecule has 0 radical (unpaired) electrons. The minimum atomic E-state index is -3.57. The Morgan fingerprint density at radius 1 is 1.20 bits per heavy atom. The Morgan fingerprint density at radius 2 is 1.75 bits per heavy atom. The van der Waals surface area contributed by atoms with Gasteiger partial charge in [0.25, 0.3) is 0 Å². The van der Waals surface area contributed by atoms with E-state index in [1.807, 2.05) is 13.8 Å². The summed E-state index contributed by atoms with van der Waals surface area (Å²) in [5.74, 6) is 0. The number of aliphatic hydroxyl groups is 1. The molecule has 0 saturated heterocycles. The van der Waals surface area contributed by atoms with Gasteiger partial charge in [-0.3, -0.25) is 0 Å². The van der Waals surface area contributed by atoms with E-state index in [9.17, 15) is 13.5 Å². The molecule has 1 aromatic rings. The van der Waals surface area contributed by atoms with E-state index >= 15 is 0 Å². The average Bonchev–Trinajstić information content (AvgIpc) is 2.40. The number of nitrogens with zero attached hydrogens (tertiary/aromatic N) is 1. The second-order valence-electron chi connectivity index (χ2n) is 4.75. The predicted molar refractivity (Wildman–Crippen MR) is 81.5 cm³/mol. The number of rotatable bonds is 7. The summed E-state index contributed by atoms with van der Waals surface area (Å²) in [6, 6.07) is 3.06. The molecule has 0 fully saturated rings. The second-order valence-corrected chi connectivity index (χ2v) is 7.09. The van der Waals surface area contributed by atoms with Gasteiger partial charge in [-0.1, -0.05) is 25.4 Å². The SMILES string of the molecule is CCCN(CCC)S(=O)(=O)c1cc(Cl)cc(CO)c1C. The molecule has 0 heterocycles. The van der Waals surface area contributed by atoms with Gasteiger partial charge in [0.2, 0.25) is 10.0 Å². The maximum absolute atomic E-state index is 12.7. The zero-order valence-electron chi connectivity index (χ0n) is 12.2. The Morgan fingerprint density at radius 3 is 2.20 bits per heavy atom. The molecule has 0 bridgehead atoms. The molecule has 0 unspecified atom stereocenters. The van der Waals surface area contributed by atoms with Crippen molar-refractivity contribution in [2.75, 3.05) is 13.1 Å². The summed E-state index contributed by atoms with van der Waals surface area (Å²) in [5, 5.41) is 9.64. The highest BCUT2D eigenvalue weighted by molar-refractivity contribution is 7.89. The number of hydrogen-bond donors (Lipinski definition) is 1. The van der Waals surface area contributed by atoms with Crippen molar-refractivity contribution in [3.8, 4) is 0 Å². The first-order chi connectivity index (χ1) is 9.38. The lowest BCUT2D eigenvalue weighted by Crippen LogP contribution is -2.33. The molecule has 0 aromatic heterocycles. The molecule has 0 spiro atoms. The molecule has 6 heteroatoms. The molecule has 0 aliphatic carbocycles. The van der Waals surface area contributed by atoms with Gasteiger partial charge in [0, 0.05) is 18.1 Å². The first-order valence-corrected chi connectivity index (χ1v) is 8.60. The predicted octanol–water partition coefficient (Wildman–Crippen LogP) is 2.95. The third-order valence-electron chi connectivity index (χ3n) is 3.17. The molecule has 0 amide bonds. The van der Waals surface area contributed by atoms with Crippen molar-refractivity contribution in [3.05, 3.63) is 28.3 Å². The molecule has 0 aliphatic heterocycles. The summed E-state index contributed by atoms with van der Waals surface area (Å²) in [5.41, 5.74) is 1.11. The largest absolute Gasteiger partial charge is 0.392 e. The first-order valence-electron chi connectivity index (χ1n) is 6.78. The van der Waals surface area contributed by atoms with Crippen LogP contribution in [0.2, 0.25) is 5.02 Å². The lowest BCUT2D eigenvalue weighted by molar-refractivity contribution is 0.280. The van der Waals surface area contributed by atoms with Crippen LogP contribution in [-0.2, 0) is 16.6 Å². The lowest BCUT2D eigenvalue weighted by atomic mass is 10.1. The summed E-state index contributed by atoms with van der Waals surface area (Å²) in [4.78, 5) is 0.191. The minimum Gasteiger partial charge on any atom is -0.392 e. The van der Waals surface area contributed by atoms with E-state index in [0.29, 0.717) is 29.2 Å². The fourth-order valence-corrected chi connectivity index (χ4v) is 4.35. The van der Waals surface area contributed by atoms with Crippen LogP contribution >= 0.6 is 11.6 Å². The molecular weight excluding hydrogens is 298 g/mol. The third-order valence-corrected chi connectivity index (χ3v) is 5.41. The second kappa shape index (κ2) is 7.41. The number of sulfonamides is 1. The van der Waals surface area contributed by atoms with Crippen molar-refractivity contribution >= 4 is 21.6 Å². The molecule has 0 atom stereocenters. The first kappa shape index (κ1) is 17.4. The van der Waals surface area contributed by atoms with Crippen molar-refractivity contribution in [1.29, 1.82) is 0 Å². The number of aliphatic hydroxyl groups excluding tert-OH is 1. The molecule has 1 N–H and O–H groups in total. The van der Waals surface area contributed by atoms with Crippen LogP contribution in [0.5, 0.6) is 0 Å². The molecule has 0 aliphatic rings. The van der Waals surface area contributed by atoms with Crippen LogP contribution in [0.3, 0.4) is 0 Å². The Balaban J connectivity index is 3.36. The van der Waals surface area contributed by atoms with Crippen LogP contribution in [0.1, 0.15) is 37.8 Å². The van der Waals surface area contributed by atoms with Gasteiger partial charge in [0.05, 0.1) is 11.5 Å².